The summed E-state index contributed by atoms with van der Waals surface area (Å²) in [4.78, 5) is 1.62. The van der Waals surface area contributed by atoms with Crippen LogP contribution in [0.15, 0.2) is 414 Å². The van der Waals surface area contributed by atoms with Gasteiger partial charge in [-0.2, -0.15) is 0 Å². The third kappa shape index (κ3) is 28.8. The first-order valence-electron chi connectivity index (χ1n) is 41.1. The van der Waals surface area contributed by atoms with Gasteiger partial charge >= 0.3 is 0 Å². The zero-order valence-electron chi connectivity index (χ0n) is 75.4. The number of methoxy groups -OCH3 is 2. The van der Waals surface area contributed by atoms with Gasteiger partial charge in [-0.05, 0) is 380 Å². The number of rotatable bonds is 22. The van der Waals surface area contributed by atoms with E-state index in [0.29, 0.717) is 51.9 Å². The van der Waals surface area contributed by atoms with Crippen molar-refractivity contribution in [3.05, 3.63) is 374 Å². The second kappa shape index (κ2) is 46.6. The van der Waals surface area contributed by atoms with Crippen molar-refractivity contribution < 1.29 is 134 Å². The first-order chi connectivity index (χ1) is 65.0. The minimum atomic E-state index is -3.75. The van der Waals surface area contributed by atoms with Crippen LogP contribution in [0.3, 0.4) is 0 Å². The summed E-state index contributed by atoms with van der Waals surface area (Å²) in [6.45, 7) is 12.9. The van der Waals surface area contributed by atoms with Gasteiger partial charge in [-0.15, -0.1) is 0 Å². The number of benzene rings is 15. The molecule has 15 aromatic rings. The molecule has 0 aromatic heterocycles. The lowest BCUT2D eigenvalue weighted by Gasteiger charge is -2.21. The number of phenolic OH excluding ortho intramolecular Hbond substituents is 10. The molecule has 0 radical (unpaired) electrons. The van der Waals surface area contributed by atoms with E-state index < -0.39 is 68.9 Å². The predicted octanol–water partition coefficient (Wildman–Crippen LogP) is 18.7. The van der Waals surface area contributed by atoms with Gasteiger partial charge in [0.1, 0.15) is 97.6 Å². The van der Waals surface area contributed by atoms with Crippen LogP contribution in [-0.2, 0) is 80.2 Å². The molecule has 0 aliphatic heterocycles. The van der Waals surface area contributed by atoms with Crippen LogP contribution in [0, 0.1) is 27.7 Å². The Morgan fingerprint density at radius 3 is 0.703 bits per heavy atom. The van der Waals surface area contributed by atoms with Gasteiger partial charge in [0, 0.05) is 7.11 Å². The lowest BCUT2D eigenvalue weighted by atomic mass is 10.1. The Kier molecular flexibility index (Phi) is 36.0. The van der Waals surface area contributed by atoms with Gasteiger partial charge in [0.15, 0.2) is 6.79 Å². The molecule has 0 heterocycles. The molecule has 0 amide bonds. The number of ether oxygens (including phenoxy) is 5. The van der Waals surface area contributed by atoms with Crippen LogP contribution >= 0.6 is 0 Å². The molecule has 0 saturated heterocycles. The smallest absolute Gasteiger partial charge is 0.210 e. The lowest BCUT2D eigenvalue weighted by Crippen LogP contribution is -2.22. The molecule has 15 rings (SSSR count). The van der Waals surface area contributed by atoms with E-state index >= 15 is 0 Å². The number of phenols is 10. The fourth-order valence-corrected chi connectivity index (χ4v) is 21.5. The molecule has 138 heavy (non-hydrogen) atoms. The number of hydrogen-bond acceptors (Lipinski definition) is 29. The zero-order chi connectivity index (χ0) is 101. The van der Waals surface area contributed by atoms with Gasteiger partial charge in [-0.3, -0.25) is 0 Å². The molecule has 0 aliphatic rings. The minimum absolute atomic E-state index is 0.00894. The summed E-state index contributed by atoms with van der Waals surface area (Å²) < 4.78 is 199. The maximum absolute atomic E-state index is 12.7. The van der Waals surface area contributed by atoms with E-state index in [1.54, 1.807) is 82.3 Å². The fourth-order valence-electron chi connectivity index (χ4n) is 12.2. The molecule has 722 valence electrons. The topological polar surface area (TPSA) is 487 Å². The summed E-state index contributed by atoms with van der Waals surface area (Å²) in [5.74, 6) is 2.37. The lowest BCUT2D eigenvalue weighted by molar-refractivity contribution is 0.0511. The van der Waals surface area contributed by atoms with E-state index in [2.05, 4.69) is 0 Å². The highest BCUT2D eigenvalue weighted by molar-refractivity contribution is 7.93. The highest BCUT2D eigenvalue weighted by atomic mass is 32.2. The minimum Gasteiger partial charge on any atom is -0.508 e. The van der Waals surface area contributed by atoms with Crippen LogP contribution in [0.5, 0.6) is 80.5 Å². The Hall–Kier alpha value is -14.9. The van der Waals surface area contributed by atoms with E-state index in [1.807, 2.05) is 51.1 Å². The van der Waals surface area contributed by atoms with Crippen molar-refractivity contribution in [2.45, 2.75) is 129 Å². The summed E-state index contributed by atoms with van der Waals surface area (Å²) >= 11 is 0. The highest BCUT2D eigenvalue weighted by Crippen LogP contribution is 2.36. The van der Waals surface area contributed by atoms with Crippen LogP contribution in [0.1, 0.15) is 48.6 Å². The van der Waals surface area contributed by atoms with Crippen molar-refractivity contribution in [2.24, 2.45) is 0 Å². The Morgan fingerprint density at radius 1 is 0.239 bits per heavy atom. The van der Waals surface area contributed by atoms with Crippen LogP contribution < -0.4 is 18.9 Å². The van der Waals surface area contributed by atoms with Crippen LogP contribution in [0.25, 0.3) is 0 Å². The second-order valence-corrected chi connectivity index (χ2v) is 44.5. The number of aryl methyl sites for hydroxylation is 4. The summed E-state index contributed by atoms with van der Waals surface area (Å²) in [5, 5.41) is 93.2. The number of sulfone groups is 7. The normalized spacial score (nSPS) is 11.4. The van der Waals surface area contributed by atoms with Crippen LogP contribution in [0.2, 0.25) is 0 Å². The first kappa shape index (κ1) is 107. The van der Waals surface area contributed by atoms with E-state index in [9.17, 15) is 89.6 Å². The van der Waals surface area contributed by atoms with Gasteiger partial charge in [-0.25, -0.2) is 58.9 Å². The zero-order valence-corrected chi connectivity index (χ0v) is 81.1. The molecule has 10 N–H and O–H groups in total. The molecule has 0 saturated carbocycles. The first-order valence-corrected chi connectivity index (χ1v) is 51.4. The van der Waals surface area contributed by atoms with Crippen molar-refractivity contribution in [3.63, 3.8) is 0 Å². The van der Waals surface area contributed by atoms with Gasteiger partial charge in [0.25, 0.3) is 0 Å². The average molecular weight is 2010 g/mol. The number of aromatic hydroxyl groups is 10. The van der Waals surface area contributed by atoms with Gasteiger partial charge in [-0.1, -0.05) is 42.5 Å². The Balaban J connectivity index is 0.000000181. The molecule has 15 aromatic carbocycles. The van der Waals surface area contributed by atoms with E-state index in [4.69, 9.17) is 44.1 Å². The third-order valence-electron chi connectivity index (χ3n) is 19.5. The van der Waals surface area contributed by atoms with E-state index in [-0.39, 0.29) is 138 Å². The number of hydrogen-bond donors (Lipinski definition) is 10. The Morgan fingerprint density at radius 2 is 0.457 bits per heavy atom. The Bertz CT molecular complexity index is 7330. The maximum atomic E-state index is 12.7. The van der Waals surface area contributed by atoms with Crippen LogP contribution in [-0.4, -0.2) is 137 Å². The van der Waals surface area contributed by atoms with Crippen molar-refractivity contribution in [3.8, 4) is 80.5 Å². The quantitative estimate of drug-likeness (QED) is 0.0282. The monoisotopic (exact) mass is 2010 g/mol. The molecule has 36 heteroatoms. The molecule has 0 unspecified atom stereocenters. The van der Waals surface area contributed by atoms with E-state index in [0.717, 1.165) is 5.56 Å². The largest absolute Gasteiger partial charge is 0.508 e. The summed E-state index contributed by atoms with van der Waals surface area (Å²) in [7, 11) is -22.3. The SMILES string of the molecule is CC(C)(C)Oc1ccc(S(=O)(=O)c2ccc(O)cc2)cc1.COCOc1ccc(S(=O)(=O)c2ccc(O)cc2)cc1.COc1ccc(S(=O)(=O)c2ccc(O)cc2)cc1.Cc1cc(S(=O)(=O)c2cc(C)c(O)c(C)c2)cc(C)c1O.O=S(=O)(c1ccc(O)cc1)c1ccc(O)cc1.O=S(=O)(c1ccc(O)cc1)c1ccc(OCc2ccccc2)cc1.O=S(=O)(c1ccc(O)cc1)c1ccccc1O. The summed E-state index contributed by atoms with van der Waals surface area (Å²) in [6, 6.07) is 83.6. The van der Waals surface area contributed by atoms with Crippen molar-refractivity contribution in [1.82, 2.24) is 0 Å². The van der Waals surface area contributed by atoms with Gasteiger partial charge in [0.05, 0.1) is 70.8 Å². The van der Waals surface area contributed by atoms with Gasteiger partial charge in [0.2, 0.25) is 68.9 Å². The predicted molar refractivity (Wildman–Crippen MR) is 514 cm³/mol. The third-order valence-corrected chi connectivity index (χ3v) is 32.0. The van der Waals surface area contributed by atoms with Crippen LogP contribution in [0.4, 0.5) is 0 Å². The molecule has 0 spiro atoms. The van der Waals surface area contributed by atoms with E-state index in [1.165, 1.54) is 275 Å². The molecule has 0 fully saturated rings. The van der Waals surface area contributed by atoms with Gasteiger partial charge < -0.3 is 74.7 Å². The highest BCUT2D eigenvalue weighted by Gasteiger charge is 2.27. The fraction of sp³-hybridized carbons (Fsp3) is 0.118. The average Bonchev–Trinajstić information content (AvgIpc) is 0.769. The molecule has 0 atom stereocenters. The van der Waals surface area contributed by atoms with Crippen molar-refractivity contribution in [1.29, 1.82) is 0 Å². The van der Waals surface area contributed by atoms with Crippen molar-refractivity contribution >= 4 is 68.9 Å². The molecular weight excluding hydrogens is 1910 g/mol. The molecule has 29 nitrogen and oxygen atoms in total. The Labute approximate surface area is 801 Å². The standard InChI is InChI=1S/C19H16O4S.2C16H18O4S.C14H14O5S.C13H12O4S.2C12H10O4S/c20-16-6-10-18(11-7-16)24(21,22)19-12-8-17(9-13-19)23-14-15-4-2-1-3-5-15;1-9-5-13(6-10(2)15(9)17)21(19,20)14-7-11(3)16(18)12(4)8-14;1-16(2,3)20-13-6-10-15(11-7-13)21(18,19)14-8-4-12(17)5-9-14;1-18-10-19-12-4-8-14(9-5-12)20(16,17)13-6-2-11(15)3-7-13;1-17-11-4-8-13(9-5-11)18(15,16)12-6-2-10(14)3-7-12;13-9-1-5-11(6-2-9)17(15,16)12-7-3-10(14)4-8-12;13-9-5-7-10(8-6-9)17(15,16)12-4-2-1-3-11(12)14/h1-13,20H,14H2;5-8,17-18H,1-4H3;4-11,17H,1-3H3;2-9,15H,10H2,1H3;2-9,14H,1H3;2*1-8,13-14H. The molecule has 0 bridgehead atoms. The number of para-hydroxylation sites is 1. The summed E-state index contributed by atoms with van der Waals surface area (Å²) in [5.41, 5.74) is 2.76. The molecule has 0 aliphatic carbocycles. The molecular formula is C102H98O29S7. The maximum Gasteiger partial charge on any atom is 0.210 e. The second-order valence-electron chi connectivity index (χ2n) is 30.9. The van der Waals surface area contributed by atoms with Crippen molar-refractivity contribution in [2.75, 3.05) is 21.0 Å². The summed E-state index contributed by atoms with van der Waals surface area (Å²) in [6.07, 6.45) is 0.